The molecule has 0 aliphatic carbocycles. The molecule has 0 saturated heterocycles. The second-order valence-corrected chi connectivity index (χ2v) is 6.45. The monoisotopic (exact) mass is 286 g/mol. The zero-order valence-electron chi connectivity index (χ0n) is 13.3. The number of aryl methyl sites for hydroxylation is 2. The SMILES string of the molecule is CC(C)(C)NCc1ncnn1CCCCc1ccccc1. The van der Waals surface area contributed by atoms with Crippen molar-refractivity contribution in [3.05, 3.63) is 48.0 Å². The second kappa shape index (κ2) is 7.36. The number of unbranched alkanes of at least 4 members (excludes halogenated alkanes) is 1. The molecular formula is C17H26N4. The highest BCUT2D eigenvalue weighted by Crippen LogP contribution is 2.07. The van der Waals surface area contributed by atoms with Crippen molar-refractivity contribution in [2.24, 2.45) is 0 Å². The largest absolute Gasteiger partial charge is 0.305 e. The average Bonchev–Trinajstić information content (AvgIpc) is 2.89. The van der Waals surface area contributed by atoms with Gasteiger partial charge < -0.3 is 5.32 Å². The van der Waals surface area contributed by atoms with E-state index in [1.165, 1.54) is 12.0 Å². The standard InChI is InChI=1S/C17H26N4/c1-17(2,3)19-13-16-18-14-20-21(16)12-8-7-11-15-9-5-4-6-10-15/h4-6,9-10,14,19H,7-8,11-13H2,1-3H3. The average molecular weight is 286 g/mol. The van der Waals surface area contributed by atoms with Crippen LogP contribution in [0.15, 0.2) is 36.7 Å². The van der Waals surface area contributed by atoms with Gasteiger partial charge in [-0.05, 0) is 45.6 Å². The van der Waals surface area contributed by atoms with Crippen molar-refractivity contribution in [2.45, 2.75) is 58.7 Å². The minimum absolute atomic E-state index is 0.101. The topological polar surface area (TPSA) is 42.7 Å². The summed E-state index contributed by atoms with van der Waals surface area (Å²) in [4.78, 5) is 4.35. The molecule has 0 radical (unpaired) electrons. The third-order valence-electron chi connectivity index (χ3n) is 3.40. The summed E-state index contributed by atoms with van der Waals surface area (Å²) in [5, 5.41) is 7.78. The van der Waals surface area contributed by atoms with E-state index in [0.717, 1.165) is 31.8 Å². The van der Waals surface area contributed by atoms with Crippen LogP contribution in [0.25, 0.3) is 0 Å². The Bertz CT molecular complexity index is 525. The molecular weight excluding hydrogens is 260 g/mol. The van der Waals surface area contributed by atoms with Crippen LogP contribution in [0.2, 0.25) is 0 Å². The van der Waals surface area contributed by atoms with Crippen molar-refractivity contribution < 1.29 is 0 Å². The maximum atomic E-state index is 4.35. The van der Waals surface area contributed by atoms with Gasteiger partial charge in [0, 0.05) is 12.1 Å². The number of rotatable bonds is 7. The summed E-state index contributed by atoms with van der Waals surface area (Å²) in [6.45, 7) is 8.19. The number of aromatic nitrogens is 3. The molecule has 1 aromatic heterocycles. The van der Waals surface area contributed by atoms with Gasteiger partial charge >= 0.3 is 0 Å². The summed E-state index contributed by atoms with van der Waals surface area (Å²) >= 11 is 0. The summed E-state index contributed by atoms with van der Waals surface area (Å²) in [5.41, 5.74) is 1.51. The van der Waals surface area contributed by atoms with Gasteiger partial charge in [-0.2, -0.15) is 5.10 Å². The molecule has 114 valence electrons. The van der Waals surface area contributed by atoms with Gasteiger partial charge in [-0.1, -0.05) is 30.3 Å². The van der Waals surface area contributed by atoms with E-state index < -0.39 is 0 Å². The van der Waals surface area contributed by atoms with Crippen molar-refractivity contribution in [1.29, 1.82) is 0 Å². The molecule has 1 N–H and O–H groups in total. The Balaban J connectivity index is 1.75. The summed E-state index contributed by atoms with van der Waals surface area (Å²) in [6.07, 6.45) is 5.08. The maximum absolute atomic E-state index is 4.35. The lowest BCUT2D eigenvalue weighted by Gasteiger charge is -2.20. The molecule has 4 nitrogen and oxygen atoms in total. The van der Waals surface area contributed by atoms with Gasteiger partial charge in [-0.25, -0.2) is 9.67 Å². The van der Waals surface area contributed by atoms with E-state index >= 15 is 0 Å². The fourth-order valence-electron chi connectivity index (χ4n) is 2.19. The zero-order chi connectivity index (χ0) is 15.1. The van der Waals surface area contributed by atoms with Gasteiger partial charge in [0.2, 0.25) is 0 Å². The Labute approximate surface area is 127 Å². The summed E-state index contributed by atoms with van der Waals surface area (Å²) < 4.78 is 2.02. The Morgan fingerprint density at radius 1 is 1.10 bits per heavy atom. The first kappa shape index (κ1) is 15.7. The highest BCUT2D eigenvalue weighted by Gasteiger charge is 2.11. The van der Waals surface area contributed by atoms with Crippen molar-refractivity contribution in [3.8, 4) is 0 Å². The van der Waals surface area contributed by atoms with Crippen LogP contribution in [0.4, 0.5) is 0 Å². The van der Waals surface area contributed by atoms with Gasteiger partial charge in [-0.3, -0.25) is 0 Å². The molecule has 0 amide bonds. The van der Waals surface area contributed by atoms with Crippen molar-refractivity contribution >= 4 is 0 Å². The maximum Gasteiger partial charge on any atom is 0.140 e. The predicted octanol–water partition coefficient (Wildman–Crippen LogP) is 3.19. The number of benzene rings is 1. The van der Waals surface area contributed by atoms with E-state index in [9.17, 15) is 0 Å². The third-order valence-corrected chi connectivity index (χ3v) is 3.40. The van der Waals surface area contributed by atoms with E-state index in [2.05, 4.69) is 66.5 Å². The molecule has 0 saturated carbocycles. The lowest BCUT2D eigenvalue weighted by molar-refractivity contribution is 0.405. The van der Waals surface area contributed by atoms with E-state index in [0.29, 0.717) is 0 Å². The number of hydrogen-bond acceptors (Lipinski definition) is 3. The number of nitrogens with one attached hydrogen (secondary N) is 1. The fourth-order valence-corrected chi connectivity index (χ4v) is 2.19. The molecule has 2 aromatic rings. The van der Waals surface area contributed by atoms with Gasteiger partial charge in [0.15, 0.2) is 0 Å². The summed E-state index contributed by atoms with van der Waals surface area (Å²) in [7, 11) is 0. The molecule has 0 bridgehead atoms. The predicted molar refractivity (Wildman–Crippen MR) is 86.0 cm³/mol. The summed E-state index contributed by atoms with van der Waals surface area (Å²) in [5.74, 6) is 1.02. The highest BCUT2D eigenvalue weighted by molar-refractivity contribution is 5.14. The van der Waals surface area contributed by atoms with E-state index in [-0.39, 0.29) is 5.54 Å². The van der Waals surface area contributed by atoms with Crippen LogP contribution in [0.1, 0.15) is 45.0 Å². The Hall–Kier alpha value is -1.68. The van der Waals surface area contributed by atoms with Gasteiger partial charge in [-0.15, -0.1) is 0 Å². The van der Waals surface area contributed by atoms with Crippen molar-refractivity contribution in [2.75, 3.05) is 0 Å². The minimum atomic E-state index is 0.101. The van der Waals surface area contributed by atoms with Crippen LogP contribution in [0.3, 0.4) is 0 Å². The van der Waals surface area contributed by atoms with Crippen LogP contribution >= 0.6 is 0 Å². The quantitative estimate of drug-likeness (QED) is 0.795. The van der Waals surface area contributed by atoms with Gasteiger partial charge in [0.1, 0.15) is 12.2 Å². The zero-order valence-corrected chi connectivity index (χ0v) is 13.3. The van der Waals surface area contributed by atoms with Crippen LogP contribution < -0.4 is 5.32 Å². The third kappa shape index (κ3) is 5.68. The molecule has 0 aliphatic heterocycles. The molecule has 0 atom stereocenters. The van der Waals surface area contributed by atoms with Crippen LogP contribution in [-0.4, -0.2) is 20.3 Å². The molecule has 1 heterocycles. The van der Waals surface area contributed by atoms with E-state index in [4.69, 9.17) is 0 Å². The summed E-state index contributed by atoms with van der Waals surface area (Å²) in [6, 6.07) is 10.6. The molecule has 0 fully saturated rings. The second-order valence-electron chi connectivity index (χ2n) is 6.45. The molecule has 4 heteroatoms. The molecule has 1 aromatic carbocycles. The first-order valence-electron chi connectivity index (χ1n) is 7.70. The highest BCUT2D eigenvalue weighted by atomic mass is 15.3. The van der Waals surface area contributed by atoms with E-state index in [1.54, 1.807) is 6.33 Å². The van der Waals surface area contributed by atoms with Gasteiger partial charge in [0.25, 0.3) is 0 Å². The van der Waals surface area contributed by atoms with E-state index in [1.807, 2.05) is 4.68 Å². The molecule has 0 unspecified atom stereocenters. The molecule has 21 heavy (non-hydrogen) atoms. The first-order valence-corrected chi connectivity index (χ1v) is 7.70. The lowest BCUT2D eigenvalue weighted by Crippen LogP contribution is -2.36. The molecule has 0 spiro atoms. The minimum Gasteiger partial charge on any atom is -0.305 e. The number of nitrogens with zero attached hydrogens (tertiary/aromatic N) is 3. The van der Waals surface area contributed by atoms with Gasteiger partial charge in [0.05, 0.1) is 6.54 Å². The number of hydrogen-bond donors (Lipinski definition) is 1. The van der Waals surface area contributed by atoms with Crippen molar-refractivity contribution in [3.63, 3.8) is 0 Å². The Kier molecular flexibility index (Phi) is 5.51. The van der Waals surface area contributed by atoms with Crippen LogP contribution in [0.5, 0.6) is 0 Å². The van der Waals surface area contributed by atoms with Crippen LogP contribution in [0, 0.1) is 0 Å². The Morgan fingerprint density at radius 3 is 2.57 bits per heavy atom. The molecule has 0 aliphatic rings. The fraction of sp³-hybridized carbons (Fsp3) is 0.529. The molecule has 2 rings (SSSR count). The van der Waals surface area contributed by atoms with Crippen LogP contribution in [-0.2, 0) is 19.5 Å². The lowest BCUT2D eigenvalue weighted by atomic mass is 10.1. The first-order chi connectivity index (χ1) is 10.0. The smallest absolute Gasteiger partial charge is 0.140 e. The van der Waals surface area contributed by atoms with Crippen molar-refractivity contribution in [1.82, 2.24) is 20.1 Å². The Morgan fingerprint density at radius 2 is 1.86 bits per heavy atom. The normalized spacial score (nSPS) is 11.8.